The molecule has 11 nitrogen and oxygen atoms in total. The molecule has 0 atom stereocenters. The quantitative estimate of drug-likeness (QED) is 0.312. The highest BCUT2D eigenvalue weighted by Gasteiger charge is 2.67. The number of hydrazone groups is 1. The van der Waals surface area contributed by atoms with Crippen LogP contribution in [0.25, 0.3) is 11.0 Å². The Morgan fingerprint density at radius 2 is 1.79 bits per heavy atom. The number of aromatic nitrogens is 2. The lowest BCUT2D eigenvalue weighted by atomic mass is 9.81. The number of amidine groups is 1. The molecule has 3 rings (SSSR count). The molecule has 1 aromatic carbocycles. The van der Waals surface area contributed by atoms with Crippen molar-refractivity contribution in [3.8, 4) is 0 Å². The average Bonchev–Trinajstić information content (AvgIpc) is 2.67. The Bertz CT molecular complexity index is 1040. The van der Waals surface area contributed by atoms with Crippen molar-refractivity contribution in [2.45, 2.75) is 19.3 Å². The van der Waals surface area contributed by atoms with Crippen LogP contribution in [0.2, 0.25) is 5.02 Å². The fraction of sp³-hybridized carbons (Fsp3) is 0.353. The van der Waals surface area contributed by atoms with Crippen LogP contribution in [0.3, 0.4) is 0 Å². The minimum Gasteiger partial charge on any atom is -0.464 e. The Morgan fingerprint density at radius 3 is 2.34 bits per heavy atom. The van der Waals surface area contributed by atoms with Crippen molar-refractivity contribution in [2.24, 2.45) is 5.10 Å². The monoisotopic (exact) mass is 421 g/mol. The number of nitrogens with zero attached hydrogens (tertiary/aromatic N) is 5. The van der Waals surface area contributed by atoms with Crippen LogP contribution in [-0.4, -0.2) is 52.9 Å². The number of carbonyl (C=O) groups is 2. The zero-order valence-corrected chi connectivity index (χ0v) is 16.5. The third-order valence-electron chi connectivity index (χ3n) is 4.19. The van der Waals surface area contributed by atoms with Gasteiger partial charge in [0.2, 0.25) is 0 Å². The minimum atomic E-state index is -2.64. The smallest absolute Gasteiger partial charge is 0.399 e. The molecule has 2 aromatic rings. The van der Waals surface area contributed by atoms with Crippen molar-refractivity contribution in [2.75, 3.05) is 25.3 Å². The second-order valence-corrected chi connectivity index (χ2v) is 6.36. The van der Waals surface area contributed by atoms with E-state index >= 15 is 0 Å². The van der Waals surface area contributed by atoms with Crippen LogP contribution in [0.1, 0.15) is 19.5 Å². The van der Waals surface area contributed by atoms with Crippen molar-refractivity contribution < 1.29 is 24.0 Å². The minimum absolute atomic E-state index is 0.0217. The first-order valence-corrected chi connectivity index (χ1v) is 8.94. The number of hydrogen-bond acceptors (Lipinski definition) is 10. The van der Waals surface area contributed by atoms with Gasteiger partial charge in [-0.2, -0.15) is 5.01 Å². The van der Waals surface area contributed by atoms with E-state index in [-0.39, 0.29) is 30.2 Å². The number of halogens is 1. The zero-order valence-electron chi connectivity index (χ0n) is 15.7. The van der Waals surface area contributed by atoms with Crippen LogP contribution in [-0.2, 0) is 24.5 Å². The van der Waals surface area contributed by atoms with Crippen LogP contribution in [0.5, 0.6) is 0 Å². The highest BCUT2D eigenvalue weighted by atomic mass is 35.5. The summed E-state index contributed by atoms with van der Waals surface area (Å²) in [5.41, 5.74) is -2.33. The van der Waals surface area contributed by atoms with Crippen molar-refractivity contribution in [1.82, 2.24) is 9.97 Å². The third-order valence-corrected chi connectivity index (χ3v) is 4.42. The van der Waals surface area contributed by atoms with E-state index in [0.29, 0.717) is 10.5 Å². The highest BCUT2D eigenvalue weighted by Crippen LogP contribution is 2.39. The predicted octanol–water partition coefficient (Wildman–Crippen LogP) is 1.69. The van der Waals surface area contributed by atoms with E-state index in [1.807, 2.05) is 0 Å². The standard InChI is InChI=1S/C17H16ClN5O6/c1-4-28-15(24)17(16(25)29-5-2)12-13(22(3)21-14(17)23(26)27)20-10-7-6-9(18)8-11(10)19-12/h6-8H,4-5H2,1-3H3. The maximum absolute atomic E-state index is 13.0. The third kappa shape index (κ3) is 3.12. The molecule has 0 N–H and O–H groups in total. The van der Waals surface area contributed by atoms with Crippen molar-refractivity contribution >= 4 is 46.2 Å². The molecule has 0 bridgehead atoms. The molecule has 12 heteroatoms. The summed E-state index contributed by atoms with van der Waals surface area (Å²) in [6.45, 7) is 2.73. The Kier molecular flexibility index (Phi) is 5.33. The molecule has 152 valence electrons. The van der Waals surface area contributed by atoms with Crippen LogP contribution in [0.15, 0.2) is 23.3 Å². The topological polar surface area (TPSA) is 137 Å². The van der Waals surface area contributed by atoms with E-state index in [1.165, 1.54) is 27.0 Å². The number of rotatable bonds is 4. The van der Waals surface area contributed by atoms with Crippen LogP contribution >= 0.6 is 11.6 Å². The fourth-order valence-corrected chi connectivity index (χ4v) is 3.14. The molecule has 1 aromatic heterocycles. The summed E-state index contributed by atoms with van der Waals surface area (Å²) in [5, 5.41) is 17.1. The first-order chi connectivity index (χ1) is 13.8. The van der Waals surface area contributed by atoms with E-state index < -0.39 is 28.1 Å². The van der Waals surface area contributed by atoms with Crippen LogP contribution in [0.4, 0.5) is 5.82 Å². The van der Waals surface area contributed by atoms with E-state index in [9.17, 15) is 19.7 Å². The molecule has 0 saturated heterocycles. The molecular formula is C17H16ClN5O6. The number of anilines is 1. The van der Waals surface area contributed by atoms with Gasteiger partial charge in [-0.15, -0.1) is 0 Å². The van der Waals surface area contributed by atoms with E-state index in [1.54, 1.807) is 12.1 Å². The second-order valence-electron chi connectivity index (χ2n) is 5.92. The van der Waals surface area contributed by atoms with Crippen molar-refractivity contribution in [3.63, 3.8) is 0 Å². The van der Waals surface area contributed by atoms with Gasteiger partial charge in [-0.25, -0.2) is 19.6 Å². The molecule has 0 spiro atoms. The summed E-state index contributed by atoms with van der Waals surface area (Å²) in [6, 6.07) is 4.63. The van der Waals surface area contributed by atoms with Gasteiger partial charge in [-0.1, -0.05) is 11.6 Å². The molecule has 29 heavy (non-hydrogen) atoms. The average molecular weight is 422 g/mol. The highest BCUT2D eigenvalue weighted by molar-refractivity contribution is 6.31. The normalized spacial score (nSPS) is 14.8. The molecule has 0 amide bonds. The predicted molar refractivity (Wildman–Crippen MR) is 102 cm³/mol. The van der Waals surface area contributed by atoms with E-state index in [4.69, 9.17) is 21.1 Å². The van der Waals surface area contributed by atoms with Crippen molar-refractivity contribution in [1.29, 1.82) is 0 Å². The summed E-state index contributed by atoms with van der Waals surface area (Å²) in [6.07, 6.45) is 0. The number of ether oxygens (including phenoxy) is 2. The summed E-state index contributed by atoms with van der Waals surface area (Å²) in [7, 11) is 1.39. The number of fused-ring (bicyclic) bond motifs is 2. The lowest BCUT2D eigenvalue weighted by Crippen LogP contribution is -2.58. The van der Waals surface area contributed by atoms with Gasteiger partial charge in [0.25, 0.3) is 0 Å². The van der Waals surface area contributed by atoms with E-state index in [0.717, 1.165) is 5.01 Å². The van der Waals surface area contributed by atoms with E-state index in [2.05, 4.69) is 15.1 Å². The summed E-state index contributed by atoms with van der Waals surface area (Å²) in [4.78, 5) is 45.6. The number of hydrogen-bond donors (Lipinski definition) is 0. The number of esters is 2. The Hall–Kier alpha value is -3.34. The first-order valence-electron chi connectivity index (χ1n) is 8.56. The second kappa shape index (κ2) is 7.59. The summed E-state index contributed by atoms with van der Waals surface area (Å²) < 4.78 is 10.0. The van der Waals surface area contributed by atoms with Crippen LogP contribution < -0.4 is 5.01 Å². The first kappa shape index (κ1) is 20.4. The Balaban J connectivity index is 2.44. The van der Waals surface area contributed by atoms with Crippen LogP contribution in [0, 0.1) is 10.1 Å². The fourth-order valence-electron chi connectivity index (χ4n) is 2.98. The number of benzene rings is 1. The van der Waals surface area contributed by atoms with Gasteiger partial charge >= 0.3 is 23.2 Å². The lowest BCUT2D eigenvalue weighted by Gasteiger charge is -2.30. The van der Waals surface area contributed by atoms with Gasteiger partial charge in [0.1, 0.15) is 5.69 Å². The van der Waals surface area contributed by atoms with Gasteiger partial charge in [-0.3, -0.25) is 0 Å². The maximum Gasteiger partial charge on any atom is 0.399 e. The Labute approximate surface area is 169 Å². The molecule has 0 fully saturated rings. The molecule has 1 aliphatic heterocycles. The summed E-state index contributed by atoms with van der Waals surface area (Å²) >= 11 is 6.01. The van der Waals surface area contributed by atoms with Gasteiger partial charge < -0.3 is 19.6 Å². The van der Waals surface area contributed by atoms with Crippen molar-refractivity contribution in [3.05, 3.63) is 39.0 Å². The SMILES string of the molecule is CCOC(=O)C1(C(=O)OCC)C([N+](=O)[O-])=NN(C)c2nc3ccc(Cl)cc3nc21. The zero-order chi connectivity index (χ0) is 21.3. The van der Waals surface area contributed by atoms with Gasteiger partial charge in [0.05, 0.1) is 36.4 Å². The molecule has 0 aliphatic carbocycles. The molecule has 0 saturated carbocycles. The number of nitro groups is 1. The van der Waals surface area contributed by atoms with Gasteiger partial charge in [0, 0.05) is 5.02 Å². The van der Waals surface area contributed by atoms with Gasteiger partial charge in [-0.05, 0) is 37.0 Å². The van der Waals surface area contributed by atoms with Gasteiger partial charge in [0.15, 0.2) is 5.82 Å². The lowest BCUT2D eigenvalue weighted by molar-refractivity contribution is -0.357. The molecule has 0 radical (unpaired) electrons. The molecule has 2 heterocycles. The Morgan fingerprint density at radius 1 is 1.17 bits per heavy atom. The largest absolute Gasteiger partial charge is 0.464 e. The molecule has 0 unspecified atom stereocenters. The molecular weight excluding hydrogens is 406 g/mol. The summed E-state index contributed by atoms with van der Waals surface area (Å²) in [5.74, 6) is -3.45. The maximum atomic E-state index is 13.0. The number of carbonyl (C=O) groups excluding carboxylic acids is 2. The molecule has 1 aliphatic rings.